The zero-order valence-corrected chi connectivity index (χ0v) is 21.6. The van der Waals surface area contributed by atoms with Gasteiger partial charge in [0.2, 0.25) is 10.0 Å². The fraction of sp³-hybridized carbons (Fsp3) is 0.143. The number of aryl methyl sites for hydroxylation is 2. The number of pyridine rings is 1. The molecule has 0 bridgehead atoms. The Bertz CT molecular complexity index is 2030. The highest BCUT2D eigenvalue weighted by molar-refractivity contribution is 7.88. The van der Waals surface area contributed by atoms with Crippen molar-refractivity contribution in [2.75, 3.05) is 0 Å². The van der Waals surface area contributed by atoms with Crippen LogP contribution in [0.1, 0.15) is 11.4 Å². The molecule has 0 aliphatic rings. The summed E-state index contributed by atoms with van der Waals surface area (Å²) < 4.78 is 32.1. The summed E-state index contributed by atoms with van der Waals surface area (Å²) in [4.78, 5) is 22.6. The van der Waals surface area contributed by atoms with Crippen LogP contribution in [0.2, 0.25) is 0 Å². The predicted octanol–water partition coefficient (Wildman–Crippen LogP) is 3.66. The molecule has 3 aromatic carbocycles. The van der Waals surface area contributed by atoms with E-state index in [1.54, 1.807) is 41.3 Å². The molecular weight excluding hydrogens is 500 g/mol. The third kappa shape index (κ3) is 4.44. The highest BCUT2D eigenvalue weighted by atomic mass is 32.2. The van der Waals surface area contributed by atoms with E-state index in [1.807, 2.05) is 61.3 Å². The lowest BCUT2D eigenvalue weighted by Crippen LogP contribution is -2.26. The molecular formula is C28H24N6O3S. The maximum Gasteiger partial charge on any atom is 0.216 e. The molecule has 0 saturated carbocycles. The van der Waals surface area contributed by atoms with Crippen molar-refractivity contribution in [2.24, 2.45) is 14.1 Å². The minimum Gasteiger partial charge on any atom is -0.330 e. The van der Waals surface area contributed by atoms with E-state index in [2.05, 4.69) is 19.8 Å². The average Bonchev–Trinajstić information content (AvgIpc) is 3.45. The second-order valence-corrected chi connectivity index (χ2v) is 11.1. The zero-order valence-electron chi connectivity index (χ0n) is 20.8. The molecule has 0 unspecified atom stereocenters. The first kappa shape index (κ1) is 24.0. The van der Waals surface area contributed by atoms with Gasteiger partial charge in [-0.1, -0.05) is 30.3 Å². The minimum atomic E-state index is -3.70. The molecule has 1 N–H and O–H groups in total. The van der Waals surface area contributed by atoms with Crippen LogP contribution in [-0.4, -0.2) is 32.7 Å². The summed E-state index contributed by atoms with van der Waals surface area (Å²) >= 11 is 0. The third-order valence-corrected chi connectivity index (χ3v) is 7.97. The van der Waals surface area contributed by atoms with Gasteiger partial charge in [0.05, 0.1) is 35.0 Å². The van der Waals surface area contributed by atoms with E-state index in [0.29, 0.717) is 33.1 Å². The molecule has 0 fully saturated rings. The molecule has 0 atom stereocenters. The first-order valence-electron chi connectivity index (χ1n) is 12.0. The number of sulfonamides is 1. The van der Waals surface area contributed by atoms with E-state index in [4.69, 9.17) is 0 Å². The summed E-state index contributed by atoms with van der Waals surface area (Å²) in [5, 5.41) is 5.81. The molecule has 38 heavy (non-hydrogen) atoms. The van der Waals surface area contributed by atoms with E-state index < -0.39 is 10.0 Å². The third-order valence-electron chi connectivity index (χ3n) is 6.67. The summed E-state index contributed by atoms with van der Waals surface area (Å²) in [5.74, 6) is 0.354. The van der Waals surface area contributed by atoms with Gasteiger partial charge in [-0.2, -0.15) is 5.10 Å². The number of hydrogen-bond acceptors (Lipinski definition) is 6. The Morgan fingerprint density at radius 3 is 2.50 bits per heavy atom. The van der Waals surface area contributed by atoms with Crippen LogP contribution in [0.3, 0.4) is 0 Å². The lowest BCUT2D eigenvalue weighted by molar-refractivity contribution is 0.577. The fourth-order valence-electron chi connectivity index (χ4n) is 4.67. The van der Waals surface area contributed by atoms with Crippen molar-refractivity contribution in [3.05, 3.63) is 101 Å². The molecule has 0 radical (unpaired) electrons. The molecule has 10 heteroatoms. The van der Waals surface area contributed by atoms with Crippen molar-refractivity contribution in [2.45, 2.75) is 12.3 Å². The number of aromatic nitrogens is 5. The maximum atomic E-state index is 13.6. The van der Waals surface area contributed by atoms with Gasteiger partial charge in [-0.25, -0.2) is 18.1 Å². The van der Waals surface area contributed by atoms with E-state index in [0.717, 1.165) is 22.2 Å². The smallest absolute Gasteiger partial charge is 0.216 e. The molecule has 3 heterocycles. The van der Waals surface area contributed by atoms with Gasteiger partial charge in [-0.15, -0.1) is 0 Å². The normalized spacial score (nSPS) is 12.1. The van der Waals surface area contributed by atoms with E-state index in [-0.39, 0.29) is 17.7 Å². The average molecular weight is 525 g/mol. The molecule has 0 spiro atoms. The van der Waals surface area contributed by atoms with Gasteiger partial charge in [0.15, 0.2) is 5.43 Å². The van der Waals surface area contributed by atoms with Crippen LogP contribution in [-0.2, 0) is 36.4 Å². The number of benzene rings is 2. The van der Waals surface area contributed by atoms with Crippen molar-refractivity contribution in [1.29, 1.82) is 0 Å². The molecule has 6 aromatic rings. The van der Waals surface area contributed by atoms with Crippen LogP contribution in [0.25, 0.3) is 43.8 Å². The van der Waals surface area contributed by atoms with Gasteiger partial charge >= 0.3 is 0 Å². The topological polar surface area (TPSA) is 112 Å². The molecule has 0 amide bonds. The molecule has 190 valence electrons. The highest BCUT2D eigenvalue weighted by Crippen LogP contribution is 2.23. The number of imidazole rings is 1. The van der Waals surface area contributed by atoms with E-state index >= 15 is 0 Å². The SMILES string of the molecule is Cn1cc(-c2cnc3ccc4ccc(CS(=O)(=O)NCc5nc6ccccc6n5C)cc4c(=O)c3c2)cn1. The van der Waals surface area contributed by atoms with Gasteiger partial charge < -0.3 is 4.57 Å². The number of para-hydroxylation sites is 2. The first-order chi connectivity index (χ1) is 18.3. The molecule has 9 nitrogen and oxygen atoms in total. The van der Waals surface area contributed by atoms with Crippen molar-refractivity contribution in [3.63, 3.8) is 0 Å². The van der Waals surface area contributed by atoms with Crippen LogP contribution in [0.5, 0.6) is 0 Å². The number of rotatable bonds is 6. The minimum absolute atomic E-state index is 0.0658. The Labute approximate surface area is 218 Å². The Hall–Kier alpha value is -4.41. The monoisotopic (exact) mass is 524 g/mol. The quantitative estimate of drug-likeness (QED) is 0.356. The number of hydrogen-bond donors (Lipinski definition) is 1. The fourth-order valence-corrected chi connectivity index (χ4v) is 5.74. The van der Waals surface area contributed by atoms with Gasteiger partial charge in [-0.3, -0.25) is 14.5 Å². The summed E-state index contributed by atoms with van der Waals surface area (Å²) in [6, 6.07) is 18.2. The van der Waals surface area contributed by atoms with E-state index in [9.17, 15) is 13.2 Å². The Kier molecular flexibility index (Phi) is 5.77. The van der Waals surface area contributed by atoms with Crippen LogP contribution in [0.4, 0.5) is 0 Å². The Morgan fingerprint density at radius 2 is 1.71 bits per heavy atom. The maximum absolute atomic E-state index is 13.6. The molecule has 3 aromatic heterocycles. The van der Waals surface area contributed by atoms with Gasteiger partial charge in [0, 0.05) is 48.4 Å². The molecule has 0 aliphatic carbocycles. The first-order valence-corrected chi connectivity index (χ1v) is 13.6. The van der Waals surface area contributed by atoms with Gasteiger partial charge in [-0.05, 0) is 41.3 Å². The molecule has 0 aliphatic heterocycles. The van der Waals surface area contributed by atoms with E-state index in [1.165, 1.54) is 0 Å². The summed E-state index contributed by atoms with van der Waals surface area (Å²) in [5.41, 5.74) is 4.26. The van der Waals surface area contributed by atoms with Crippen molar-refractivity contribution < 1.29 is 8.42 Å². The van der Waals surface area contributed by atoms with Gasteiger partial charge in [0.1, 0.15) is 5.82 Å². The van der Waals surface area contributed by atoms with Gasteiger partial charge in [0.25, 0.3) is 0 Å². The number of nitrogens with one attached hydrogen (secondary N) is 1. The standard InChI is InChI=1S/C28H24N6O3S/c1-33-16-21(14-30-33)20-12-23-24(29-13-20)10-9-19-8-7-18(11-22(19)28(23)35)17-38(36,37)31-15-27-32-25-5-3-4-6-26(25)34(27)2/h3-14,16,31H,15,17H2,1-2H3. The second kappa shape index (κ2) is 9.16. The number of nitrogens with zero attached hydrogens (tertiary/aromatic N) is 5. The lowest BCUT2D eigenvalue weighted by atomic mass is 10.1. The Morgan fingerprint density at radius 1 is 0.895 bits per heavy atom. The van der Waals surface area contributed by atoms with Crippen molar-refractivity contribution >= 4 is 42.7 Å². The second-order valence-electron chi connectivity index (χ2n) is 9.30. The Balaban J connectivity index is 1.32. The van der Waals surface area contributed by atoms with Crippen molar-refractivity contribution in [3.8, 4) is 11.1 Å². The number of fused-ring (bicyclic) bond motifs is 3. The highest BCUT2D eigenvalue weighted by Gasteiger charge is 2.16. The summed E-state index contributed by atoms with van der Waals surface area (Å²) in [7, 11) is -0.0105. The largest absolute Gasteiger partial charge is 0.330 e. The zero-order chi connectivity index (χ0) is 26.4. The predicted molar refractivity (Wildman–Crippen MR) is 148 cm³/mol. The molecule has 0 saturated heterocycles. The van der Waals surface area contributed by atoms with Crippen LogP contribution in [0.15, 0.2) is 84.0 Å². The van der Waals surface area contributed by atoms with Crippen molar-refractivity contribution in [1.82, 2.24) is 29.0 Å². The van der Waals surface area contributed by atoms with Crippen LogP contribution in [0, 0.1) is 0 Å². The molecule has 6 rings (SSSR count). The summed E-state index contributed by atoms with van der Waals surface area (Å²) in [6.07, 6.45) is 5.30. The van der Waals surface area contributed by atoms with Crippen LogP contribution >= 0.6 is 0 Å². The van der Waals surface area contributed by atoms with Crippen LogP contribution < -0.4 is 10.2 Å². The lowest BCUT2D eigenvalue weighted by Gasteiger charge is -2.08. The summed E-state index contributed by atoms with van der Waals surface area (Å²) in [6.45, 7) is 0.0658.